The van der Waals surface area contributed by atoms with E-state index in [4.69, 9.17) is 0 Å². The Morgan fingerprint density at radius 3 is 3.12 bits per heavy atom. The first kappa shape index (κ1) is 16.4. The van der Waals surface area contributed by atoms with E-state index in [1.165, 1.54) is 0 Å². The fraction of sp³-hybridized carbons (Fsp3) is 0.529. The maximum Gasteiger partial charge on any atom is 0.230 e. The molecule has 0 spiro atoms. The lowest BCUT2D eigenvalue weighted by molar-refractivity contribution is -0.122. The van der Waals surface area contributed by atoms with Crippen molar-refractivity contribution in [3.8, 4) is 5.75 Å². The van der Waals surface area contributed by atoms with Crippen LogP contribution in [0.25, 0.3) is 0 Å². The molecule has 0 saturated heterocycles. The molecule has 1 aromatic heterocycles. The number of benzene rings is 1. The molecule has 24 heavy (non-hydrogen) atoms. The molecule has 7 heteroatoms. The highest BCUT2D eigenvalue weighted by molar-refractivity contribution is 5.82. The molecule has 7 nitrogen and oxygen atoms in total. The van der Waals surface area contributed by atoms with Crippen LogP contribution >= 0.6 is 0 Å². The molecule has 2 aromatic rings. The number of nitrogens with zero attached hydrogens (tertiary/aromatic N) is 4. The van der Waals surface area contributed by atoms with Crippen LogP contribution in [0.5, 0.6) is 5.75 Å². The summed E-state index contributed by atoms with van der Waals surface area (Å²) in [4.78, 5) is 12.4. The molecule has 0 radical (unpaired) electrons. The lowest BCUT2D eigenvalue weighted by Crippen LogP contribution is -2.31. The quantitative estimate of drug-likeness (QED) is 0.788. The van der Waals surface area contributed by atoms with Gasteiger partial charge in [-0.2, -0.15) is 0 Å². The van der Waals surface area contributed by atoms with Crippen molar-refractivity contribution in [3.05, 3.63) is 35.7 Å². The Balaban J connectivity index is 1.43. The molecular formula is C17H23N5O2. The van der Waals surface area contributed by atoms with Crippen molar-refractivity contribution < 1.29 is 9.90 Å². The number of aromatic hydroxyl groups is 1. The third kappa shape index (κ3) is 4.10. The number of aromatic nitrogens is 4. The lowest BCUT2D eigenvalue weighted by Gasteiger charge is -2.13. The number of tetrazole rings is 1. The number of unbranched alkanes of at least 4 members (excludes halogenated alkanes) is 1. The third-order valence-corrected chi connectivity index (χ3v) is 4.40. The Labute approximate surface area is 141 Å². The summed E-state index contributed by atoms with van der Waals surface area (Å²) in [7, 11) is 0. The van der Waals surface area contributed by atoms with E-state index < -0.39 is 0 Å². The molecule has 2 heterocycles. The molecule has 0 saturated carbocycles. The summed E-state index contributed by atoms with van der Waals surface area (Å²) in [6.07, 6.45) is 5.57. The zero-order chi connectivity index (χ0) is 16.8. The van der Waals surface area contributed by atoms with Crippen molar-refractivity contribution in [2.45, 2.75) is 51.0 Å². The number of phenolic OH excluding ortho intramolecular Hbond substituents is 1. The molecular weight excluding hydrogens is 306 g/mol. The number of rotatable bonds is 6. The average molecular weight is 329 g/mol. The second kappa shape index (κ2) is 7.90. The first-order valence-corrected chi connectivity index (χ1v) is 8.56. The molecule has 3 rings (SSSR count). The van der Waals surface area contributed by atoms with Crippen LogP contribution in [-0.4, -0.2) is 37.8 Å². The van der Waals surface area contributed by atoms with Gasteiger partial charge in [-0.15, -0.1) is 5.10 Å². The molecule has 0 aliphatic carbocycles. The Bertz CT molecular complexity index is 685. The highest BCUT2D eigenvalue weighted by Gasteiger charge is 2.27. The number of hydrogen-bond acceptors (Lipinski definition) is 5. The van der Waals surface area contributed by atoms with E-state index in [9.17, 15) is 9.90 Å². The van der Waals surface area contributed by atoms with Gasteiger partial charge in [-0.3, -0.25) is 4.79 Å². The largest absolute Gasteiger partial charge is 0.508 e. The summed E-state index contributed by atoms with van der Waals surface area (Å²) in [5, 5.41) is 24.1. The van der Waals surface area contributed by atoms with Gasteiger partial charge in [0.1, 0.15) is 5.75 Å². The molecule has 2 N–H and O–H groups in total. The first-order chi connectivity index (χ1) is 11.7. The normalized spacial score (nSPS) is 17.1. The van der Waals surface area contributed by atoms with Crippen LogP contribution in [0.2, 0.25) is 0 Å². The first-order valence-electron chi connectivity index (χ1n) is 8.56. The van der Waals surface area contributed by atoms with E-state index in [1.807, 2.05) is 12.1 Å². The fourth-order valence-corrected chi connectivity index (χ4v) is 3.11. The SMILES string of the molecule is O=C(NCCCCc1cccc(O)c1)C1CCCCn2nnnc21. The third-order valence-electron chi connectivity index (χ3n) is 4.40. The molecule has 128 valence electrons. The zero-order valence-corrected chi connectivity index (χ0v) is 13.7. The Kier molecular flexibility index (Phi) is 5.40. The number of carbonyl (C=O) groups is 1. The highest BCUT2D eigenvalue weighted by Crippen LogP contribution is 2.23. The van der Waals surface area contributed by atoms with Crippen LogP contribution in [0.4, 0.5) is 0 Å². The summed E-state index contributed by atoms with van der Waals surface area (Å²) in [5.41, 5.74) is 1.12. The van der Waals surface area contributed by atoms with Crippen molar-refractivity contribution in [1.82, 2.24) is 25.5 Å². The monoisotopic (exact) mass is 329 g/mol. The van der Waals surface area contributed by atoms with Crippen molar-refractivity contribution in [2.75, 3.05) is 6.54 Å². The summed E-state index contributed by atoms with van der Waals surface area (Å²) in [6.45, 7) is 1.44. The second-order valence-corrected chi connectivity index (χ2v) is 6.23. The Morgan fingerprint density at radius 1 is 1.33 bits per heavy atom. The number of hydrogen-bond donors (Lipinski definition) is 2. The molecule has 1 aliphatic heterocycles. The van der Waals surface area contributed by atoms with Gasteiger partial charge >= 0.3 is 0 Å². The molecule has 1 aliphatic rings. The van der Waals surface area contributed by atoms with Gasteiger partial charge in [-0.05, 0) is 60.2 Å². The van der Waals surface area contributed by atoms with Gasteiger partial charge in [0.15, 0.2) is 5.82 Å². The van der Waals surface area contributed by atoms with Crippen LogP contribution in [0, 0.1) is 0 Å². The van der Waals surface area contributed by atoms with Crippen LogP contribution in [0.1, 0.15) is 49.4 Å². The van der Waals surface area contributed by atoms with Crippen molar-refractivity contribution in [3.63, 3.8) is 0 Å². The highest BCUT2D eigenvalue weighted by atomic mass is 16.3. The standard InChI is InChI=1S/C17H23N5O2/c23-14-8-5-7-13(12-14)6-1-3-10-18-17(24)15-9-2-4-11-22-16(15)19-20-21-22/h5,7-8,12,15,23H,1-4,6,9-11H2,(H,18,24). The molecule has 1 amide bonds. The lowest BCUT2D eigenvalue weighted by atomic mass is 10.0. The van der Waals surface area contributed by atoms with Crippen LogP contribution < -0.4 is 5.32 Å². The predicted molar refractivity (Wildman–Crippen MR) is 88.5 cm³/mol. The number of carbonyl (C=O) groups excluding carboxylic acids is 1. The van der Waals surface area contributed by atoms with Crippen molar-refractivity contribution in [1.29, 1.82) is 0 Å². The van der Waals surface area contributed by atoms with E-state index in [2.05, 4.69) is 20.8 Å². The molecule has 1 unspecified atom stereocenters. The number of fused-ring (bicyclic) bond motifs is 1. The minimum atomic E-state index is -0.242. The molecule has 0 bridgehead atoms. The molecule has 0 fully saturated rings. The number of amides is 1. The van der Waals surface area contributed by atoms with Gasteiger partial charge in [-0.1, -0.05) is 18.6 Å². The Hall–Kier alpha value is -2.44. The van der Waals surface area contributed by atoms with E-state index in [0.29, 0.717) is 18.1 Å². The van der Waals surface area contributed by atoms with Crippen LogP contribution in [-0.2, 0) is 17.8 Å². The second-order valence-electron chi connectivity index (χ2n) is 6.23. The topological polar surface area (TPSA) is 92.9 Å². The van der Waals surface area contributed by atoms with Gasteiger partial charge in [0.05, 0.1) is 5.92 Å². The van der Waals surface area contributed by atoms with Gasteiger partial charge in [0, 0.05) is 13.1 Å². The van der Waals surface area contributed by atoms with E-state index in [1.54, 1.807) is 16.8 Å². The van der Waals surface area contributed by atoms with Gasteiger partial charge in [0.25, 0.3) is 0 Å². The summed E-state index contributed by atoms with van der Waals surface area (Å²) < 4.78 is 1.75. The average Bonchev–Trinajstić information content (AvgIpc) is 2.94. The maximum absolute atomic E-state index is 12.4. The summed E-state index contributed by atoms with van der Waals surface area (Å²) in [6, 6.07) is 7.31. The van der Waals surface area contributed by atoms with E-state index in [0.717, 1.165) is 50.6 Å². The predicted octanol–water partition coefficient (Wildman–Crippen LogP) is 1.79. The minimum Gasteiger partial charge on any atom is -0.508 e. The van der Waals surface area contributed by atoms with Crippen molar-refractivity contribution >= 4 is 5.91 Å². The van der Waals surface area contributed by atoms with Crippen LogP contribution in [0.15, 0.2) is 24.3 Å². The fourth-order valence-electron chi connectivity index (χ4n) is 3.11. The van der Waals surface area contributed by atoms with E-state index >= 15 is 0 Å². The zero-order valence-electron chi connectivity index (χ0n) is 13.7. The minimum absolute atomic E-state index is 0.0188. The van der Waals surface area contributed by atoms with Crippen molar-refractivity contribution in [2.24, 2.45) is 0 Å². The molecule has 1 aromatic carbocycles. The maximum atomic E-state index is 12.4. The number of phenols is 1. The van der Waals surface area contributed by atoms with Gasteiger partial charge in [0.2, 0.25) is 5.91 Å². The van der Waals surface area contributed by atoms with Crippen LogP contribution in [0.3, 0.4) is 0 Å². The van der Waals surface area contributed by atoms with E-state index in [-0.39, 0.29) is 11.8 Å². The smallest absolute Gasteiger partial charge is 0.230 e. The molecule has 1 atom stereocenters. The van der Waals surface area contributed by atoms with Gasteiger partial charge < -0.3 is 10.4 Å². The number of aryl methyl sites for hydroxylation is 2. The Morgan fingerprint density at radius 2 is 2.25 bits per heavy atom. The number of nitrogens with one attached hydrogen (secondary N) is 1. The summed E-state index contributed by atoms with van der Waals surface area (Å²) in [5.74, 6) is 0.760. The van der Waals surface area contributed by atoms with Gasteiger partial charge in [-0.25, -0.2) is 4.68 Å². The summed E-state index contributed by atoms with van der Waals surface area (Å²) >= 11 is 0.